The Balaban J connectivity index is 1.83. The highest BCUT2D eigenvalue weighted by Crippen LogP contribution is 2.13. The molecule has 1 saturated heterocycles. The lowest BCUT2D eigenvalue weighted by Crippen LogP contribution is -2.42. The van der Waals surface area contributed by atoms with E-state index in [0.29, 0.717) is 6.04 Å². The van der Waals surface area contributed by atoms with Crippen LogP contribution in [0.3, 0.4) is 0 Å². The summed E-state index contributed by atoms with van der Waals surface area (Å²) in [7, 11) is 0. The summed E-state index contributed by atoms with van der Waals surface area (Å²) in [6, 6.07) is 4.69. The van der Waals surface area contributed by atoms with Gasteiger partial charge in [-0.15, -0.1) is 0 Å². The summed E-state index contributed by atoms with van der Waals surface area (Å²) in [5.41, 5.74) is 0. The molecule has 0 amide bonds. The van der Waals surface area contributed by atoms with Crippen LogP contribution in [0.2, 0.25) is 0 Å². The lowest BCUT2D eigenvalue weighted by Gasteiger charge is -2.27. The first-order valence-electron chi connectivity index (χ1n) is 7.27. The van der Waals surface area contributed by atoms with E-state index < -0.39 is 0 Å². The first-order chi connectivity index (χ1) is 8.79. The highest BCUT2D eigenvalue weighted by Gasteiger charge is 2.21. The van der Waals surface area contributed by atoms with E-state index in [4.69, 9.17) is 4.42 Å². The van der Waals surface area contributed by atoms with Gasteiger partial charge in [0, 0.05) is 25.6 Å². The Hall–Kier alpha value is -0.800. The van der Waals surface area contributed by atoms with E-state index in [-0.39, 0.29) is 0 Å². The first kappa shape index (κ1) is 13.6. The quantitative estimate of drug-likeness (QED) is 0.870. The topological polar surface area (TPSA) is 28.4 Å². The molecule has 1 aromatic rings. The second-order valence-corrected chi connectivity index (χ2v) is 5.43. The van der Waals surface area contributed by atoms with Crippen molar-refractivity contribution in [1.82, 2.24) is 10.2 Å². The number of rotatable bonds is 5. The maximum atomic E-state index is 5.41. The lowest BCUT2D eigenvalue weighted by molar-refractivity contribution is 0.236. The lowest BCUT2D eigenvalue weighted by atomic mass is 9.99. The number of hydrogen-bond acceptors (Lipinski definition) is 3. The number of hydrogen-bond donors (Lipinski definition) is 1. The Labute approximate surface area is 111 Å². The van der Waals surface area contributed by atoms with Crippen molar-refractivity contribution in [1.29, 1.82) is 0 Å². The molecule has 1 fully saturated rings. The Morgan fingerprint density at radius 1 is 1.56 bits per heavy atom. The van der Waals surface area contributed by atoms with Crippen LogP contribution in [0, 0.1) is 5.92 Å². The standard InChI is InChI=1S/C15H26N2O/c1-3-13(2)15-12-17(9-5-8-16-15)10-7-14-6-4-11-18-14/h4,6,11,13,15-16H,3,5,7-10,12H2,1-2H3. The Bertz CT molecular complexity index is 323. The highest BCUT2D eigenvalue weighted by atomic mass is 16.3. The zero-order valence-corrected chi connectivity index (χ0v) is 11.7. The van der Waals surface area contributed by atoms with Gasteiger partial charge < -0.3 is 14.6 Å². The Morgan fingerprint density at radius 3 is 3.17 bits per heavy atom. The van der Waals surface area contributed by atoms with Crippen molar-refractivity contribution in [3.8, 4) is 0 Å². The summed E-state index contributed by atoms with van der Waals surface area (Å²) in [5, 5.41) is 3.69. The molecule has 0 aliphatic carbocycles. The van der Waals surface area contributed by atoms with Gasteiger partial charge in [0.05, 0.1) is 6.26 Å². The first-order valence-corrected chi connectivity index (χ1v) is 7.27. The van der Waals surface area contributed by atoms with E-state index in [9.17, 15) is 0 Å². The molecular formula is C15H26N2O. The van der Waals surface area contributed by atoms with Crippen molar-refractivity contribution >= 4 is 0 Å². The van der Waals surface area contributed by atoms with Gasteiger partial charge in [0.2, 0.25) is 0 Å². The third-order valence-corrected chi connectivity index (χ3v) is 4.10. The van der Waals surface area contributed by atoms with E-state index in [1.54, 1.807) is 6.26 Å². The average molecular weight is 250 g/mol. The van der Waals surface area contributed by atoms with Gasteiger partial charge in [-0.3, -0.25) is 0 Å². The monoisotopic (exact) mass is 250 g/mol. The molecule has 2 heterocycles. The predicted molar refractivity (Wildman–Crippen MR) is 74.7 cm³/mol. The maximum absolute atomic E-state index is 5.41. The van der Waals surface area contributed by atoms with Crippen LogP contribution in [0.4, 0.5) is 0 Å². The highest BCUT2D eigenvalue weighted by molar-refractivity contribution is 4.98. The zero-order valence-electron chi connectivity index (χ0n) is 11.7. The Kier molecular flexibility index (Phi) is 5.26. The number of nitrogens with zero attached hydrogens (tertiary/aromatic N) is 1. The van der Waals surface area contributed by atoms with Crippen LogP contribution < -0.4 is 5.32 Å². The van der Waals surface area contributed by atoms with Crippen LogP contribution in [0.25, 0.3) is 0 Å². The van der Waals surface area contributed by atoms with E-state index in [2.05, 4.69) is 30.1 Å². The summed E-state index contributed by atoms with van der Waals surface area (Å²) >= 11 is 0. The van der Waals surface area contributed by atoms with Gasteiger partial charge in [0.25, 0.3) is 0 Å². The van der Waals surface area contributed by atoms with Crippen LogP contribution in [-0.2, 0) is 6.42 Å². The Morgan fingerprint density at radius 2 is 2.44 bits per heavy atom. The third-order valence-electron chi connectivity index (χ3n) is 4.10. The second-order valence-electron chi connectivity index (χ2n) is 5.43. The fourth-order valence-corrected chi connectivity index (χ4v) is 2.62. The van der Waals surface area contributed by atoms with E-state index in [1.165, 1.54) is 25.9 Å². The smallest absolute Gasteiger partial charge is 0.105 e. The van der Waals surface area contributed by atoms with Gasteiger partial charge in [-0.1, -0.05) is 20.3 Å². The van der Waals surface area contributed by atoms with Crippen molar-refractivity contribution in [2.24, 2.45) is 5.92 Å². The molecule has 1 N–H and O–H groups in total. The van der Waals surface area contributed by atoms with E-state index >= 15 is 0 Å². The van der Waals surface area contributed by atoms with Crippen LogP contribution in [0.1, 0.15) is 32.4 Å². The van der Waals surface area contributed by atoms with Crippen molar-refractivity contribution in [3.05, 3.63) is 24.2 Å². The molecule has 1 aliphatic rings. The van der Waals surface area contributed by atoms with Crippen molar-refractivity contribution in [2.75, 3.05) is 26.2 Å². The van der Waals surface area contributed by atoms with Crippen LogP contribution >= 0.6 is 0 Å². The molecule has 0 bridgehead atoms. The summed E-state index contributed by atoms with van der Waals surface area (Å²) in [4.78, 5) is 2.58. The summed E-state index contributed by atoms with van der Waals surface area (Å²) in [5.74, 6) is 1.86. The predicted octanol–water partition coefficient (Wildman–Crippen LogP) is 2.53. The minimum Gasteiger partial charge on any atom is -0.469 e. The molecule has 3 heteroatoms. The van der Waals surface area contributed by atoms with Gasteiger partial charge in [-0.05, 0) is 37.6 Å². The molecule has 0 spiro atoms. The minimum atomic E-state index is 0.647. The molecule has 2 atom stereocenters. The van der Waals surface area contributed by atoms with Crippen molar-refractivity contribution < 1.29 is 4.42 Å². The minimum absolute atomic E-state index is 0.647. The van der Waals surface area contributed by atoms with Crippen molar-refractivity contribution in [2.45, 2.75) is 39.2 Å². The molecule has 0 aromatic carbocycles. The maximum Gasteiger partial charge on any atom is 0.105 e. The molecule has 1 aliphatic heterocycles. The molecule has 0 saturated carbocycles. The number of nitrogens with one attached hydrogen (secondary N) is 1. The third kappa shape index (κ3) is 3.85. The van der Waals surface area contributed by atoms with Gasteiger partial charge in [-0.2, -0.15) is 0 Å². The zero-order chi connectivity index (χ0) is 12.8. The van der Waals surface area contributed by atoms with Gasteiger partial charge in [0.1, 0.15) is 5.76 Å². The molecule has 2 unspecified atom stereocenters. The van der Waals surface area contributed by atoms with Gasteiger partial charge >= 0.3 is 0 Å². The second kappa shape index (κ2) is 6.95. The molecule has 2 rings (SSSR count). The molecule has 102 valence electrons. The van der Waals surface area contributed by atoms with Crippen LogP contribution in [0.15, 0.2) is 22.8 Å². The van der Waals surface area contributed by atoms with Gasteiger partial charge in [-0.25, -0.2) is 0 Å². The summed E-state index contributed by atoms with van der Waals surface area (Å²) in [6.07, 6.45) is 5.30. The van der Waals surface area contributed by atoms with Crippen molar-refractivity contribution in [3.63, 3.8) is 0 Å². The van der Waals surface area contributed by atoms with Gasteiger partial charge in [0.15, 0.2) is 0 Å². The molecule has 3 nitrogen and oxygen atoms in total. The van der Waals surface area contributed by atoms with Crippen LogP contribution in [0.5, 0.6) is 0 Å². The number of furan rings is 1. The fraction of sp³-hybridized carbons (Fsp3) is 0.733. The normalized spacial score (nSPS) is 23.8. The fourth-order valence-electron chi connectivity index (χ4n) is 2.62. The molecule has 1 aromatic heterocycles. The van der Waals surface area contributed by atoms with E-state index in [1.807, 2.05) is 6.07 Å². The molecule has 0 radical (unpaired) electrons. The molecular weight excluding hydrogens is 224 g/mol. The largest absolute Gasteiger partial charge is 0.469 e. The summed E-state index contributed by atoms with van der Waals surface area (Å²) in [6.45, 7) is 9.29. The summed E-state index contributed by atoms with van der Waals surface area (Å²) < 4.78 is 5.41. The SMILES string of the molecule is CCC(C)C1CN(CCc2ccco2)CCCN1. The average Bonchev–Trinajstić information content (AvgIpc) is 2.80. The van der Waals surface area contributed by atoms with E-state index in [0.717, 1.165) is 31.2 Å². The van der Waals surface area contributed by atoms with Crippen LogP contribution in [-0.4, -0.2) is 37.1 Å². The molecule has 18 heavy (non-hydrogen) atoms.